The van der Waals surface area contributed by atoms with Gasteiger partial charge in [-0.1, -0.05) is 26.7 Å². The Kier molecular flexibility index (Phi) is 6.41. The van der Waals surface area contributed by atoms with E-state index in [9.17, 15) is 9.90 Å². The summed E-state index contributed by atoms with van der Waals surface area (Å²) in [6.07, 6.45) is 6.56. The highest BCUT2D eigenvalue weighted by atomic mass is 16.3. The zero-order valence-corrected chi connectivity index (χ0v) is 14.4. The lowest BCUT2D eigenvalue weighted by Gasteiger charge is -2.27. The molecule has 1 aromatic heterocycles. The molecule has 0 aliphatic rings. The average Bonchev–Trinajstić information content (AvgIpc) is 2.85. The zero-order chi connectivity index (χ0) is 16.8. The molecule has 0 bridgehead atoms. The van der Waals surface area contributed by atoms with Gasteiger partial charge in [-0.3, -0.25) is 4.68 Å². The van der Waals surface area contributed by atoms with E-state index in [1.54, 1.807) is 17.1 Å². The van der Waals surface area contributed by atoms with Crippen LogP contribution in [0.5, 0.6) is 0 Å². The van der Waals surface area contributed by atoms with Gasteiger partial charge in [0.05, 0.1) is 23.0 Å². The van der Waals surface area contributed by atoms with Crippen LogP contribution in [0.4, 0.5) is 10.5 Å². The number of nitrogens with one attached hydrogen (secondary N) is 2. The number of urea groups is 1. The third kappa shape index (κ3) is 5.67. The Bertz CT molecular complexity index is 471. The highest BCUT2D eigenvalue weighted by molar-refractivity contribution is 5.88. The number of rotatable bonds is 7. The molecule has 0 aliphatic heterocycles. The average molecular weight is 310 g/mol. The monoisotopic (exact) mass is 310 g/mol. The summed E-state index contributed by atoms with van der Waals surface area (Å²) in [5.41, 5.74) is -0.308. The molecule has 126 valence electrons. The molecule has 2 amide bonds. The number of hydrogen-bond acceptors (Lipinski definition) is 3. The van der Waals surface area contributed by atoms with Crippen molar-refractivity contribution >= 4 is 11.7 Å². The second-order valence-corrected chi connectivity index (χ2v) is 6.88. The fraction of sp³-hybridized carbons (Fsp3) is 0.750. The van der Waals surface area contributed by atoms with E-state index >= 15 is 0 Å². The molecule has 22 heavy (non-hydrogen) atoms. The van der Waals surface area contributed by atoms with E-state index in [2.05, 4.69) is 15.7 Å². The molecule has 6 nitrogen and oxygen atoms in total. The number of aromatic nitrogens is 2. The van der Waals surface area contributed by atoms with E-state index in [1.165, 1.54) is 0 Å². The Morgan fingerprint density at radius 2 is 1.86 bits per heavy atom. The number of anilines is 1. The van der Waals surface area contributed by atoms with Crippen molar-refractivity contribution < 1.29 is 9.90 Å². The molecule has 6 heteroatoms. The number of nitrogens with zero attached hydrogens (tertiary/aromatic N) is 2. The van der Waals surface area contributed by atoms with Gasteiger partial charge in [-0.05, 0) is 33.6 Å². The summed E-state index contributed by atoms with van der Waals surface area (Å²) in [5.74, 6) is 0. The van der Waals surface area contributed by atoms with Gasteiger partial charge in [-0.15, -0.1) is 0 Å². The molecule has 0 aliphatic carbocycles. The lowest BCUT2D eigenvalue weighted by atomic mass is 9.93. The van der Waals surface area contributed by atoms with Crippen molar-refractivity contribution in [2.45, 2.75) is 71.4 Å². The van der Waals surface area contributed by atoms with E-state index in [0.29, 0.717) is 18.5 Å². The topological polar surface area (TPSA) is 79.2 Å². The van der Waals surface area contributed by atoms with Crippen LogP contribution in [0, 0.1) is 0 Å². The Morgan fingerprint density at radius 3 is 2.32 bits per heavy atom. The van der Waals surface area contributed by atoms with Crippen LogP contribution >= 0.6 is 0 Å². The summed E-state index contributed by atoms with van der Waals surface area (Å²) in [6, 6.07) is -0.320. The normalized spacial score (nSPS) is 12.3. The standard InChI is InChI=1S/C16H30N4O2/c1-6-8-16(22,9-7-2)12-17-14(21)19-13-10-18-20(11-13)15(3,4)5/h10-11,22H,6-9,12H2,1-5H3,(H2,17,19,21). The van der Waals surface area contributed by atoms with Gasteiger partial charge in [-0.25, -0.2) is 4.79 Å². The third-order valence-corrected chi connectivity index (χ3v) is 3.54. The lowest BCUT2D eigenvalue weighted by molar-refractivity contribution is 0.0245. The van der Waals surface area contributed by atoms with Crippen molar-refractivity contribution in [3.63, 3.8) is 0 Å². The molecule has 1 heterocycles. The maximum atomic E-state index is 12.0. The van der Waals surface area contributed by atoms with Crippen molar-refractivity contribution in [3.05, 3.63) is 12.4 Å². The van der Waals surface area contributed by atoms with Crippen LogP contribution in [0.15, 0.2) is 12.4 Å². The van der Waals surface area contributed by atoms with Gasteiger partial charge in [-0.2, -0.15) is 5.10 Å². The molecule has 1 aromatic rings. The Morgan fingerprint density at radius 1 is 1.27 bits per heavy atom. The maximum Gasteiger partial charge on any atom is 0.319 e. The molecular weight excluding hydrogens is 280 g/mol. The molecule has 0 spiro atoms. The predicted molar refractivity (Wildman–Crippen MR) is 89.0 cm³/mol. The Labute approximate surface area is 133 Å². The third-order valence-electron chi connectivity index (χ3n) is 3.54. The Balaban J connectivity index is 2.54. The lowest BCUT2D eigenvalue weighted by Crippen LogP contribution is -2.44. The van der Waals surface area contributed by atoms with Crippen LogP contribution in [-0.2, 0) is 5.54 Å². The zero-order valence-electron chi connectivity index (χ0n) is 14.4. The smallest absolute Gasteiger partial charge is 0.319 e. The van der Waals surface area contributed by atoms with E-state index in [-0.39, 0.29) is 18.1 Å². The second kappa shape index (κ2) is 7.63. The summed E-state index contributed by atoms with van der Waals surface area (Å²) in [5, 5.41) is 20.2. The number of amides is 2. The minimum absolute atomic E-state index is 0.126. The molecule has 0 saturated heterocycles. The van der Waals surface area contributed by atoms with Crippen molar-refractivity contribution in [1.82, 2.24) is 15.1 Å². The number of aliphatic hydroxyl groups is 1. The first-order valence-corrected chi connectivity index (χ1v) is 8.02. The van der Waals surface area contributed by atoms with Crippen LogP contribution in [0.3, 0.4) is 0 Å². The molecule has 3 N–H and O–H groups in total. The highest BCUT2D eigenvalue weighted by Gasteiger charge is 2.25. The Hall–Kier alpha value is -1.56. The first-order valence-electron chi connectivity index (χ1n) is 8.02. The van der Waals surface area contributed by atoms with Gasteiger partial charge in [0.15, 0.2) is 0 Å². The van der Waals surface area contributed by atoms with Gasteiger partial charge in [0.25, 0.3) is 0 Å². The summed E-state index contributed by atoms with van der Waals surface area (Å²) >= 11 is 0. The van der Waals surface area contributed by atoms with Gasteiger partial charge in [0, 0.05) is 12.7 Å². The molecule has 0 radical (unpaired) electrons. The van der Waals surface area contributed by atoms with Crippen molar-refractivity contribution in [2.24, 2.45) is 0 Å². The van der Waals surface area contributed by atoms with Crippen molar-refractivity contribution in [2.75, 3.05) is 11.9 Å². The van der Waals surface area contributed by atoms with Gasteiger partial charge in [0.2, 0.25) is 0 Å². The number of carbonyl (C=O) groups excluding carboxylic acids is 1. The number of hydrogen-bond donors (Lipinski definition) is 3. The van der Waals surface area contributed by atoms with E-state index in [1.807, 2.05) is 34.6 Å². The van der Waals surface area contributed by atoms with Crippen molar-refractivity contribution in [3.8, 4) is 0 Å². The van der Waals surface area contributed by atoms with Gasteiger partial charge in [0.1, 0.15) is 0 Å². The second-order valence-electron chi connectivity index (χ2n) is 6.88. The summed E-state index contributed by atoms with van der Waals surface area (Å²) in [7, 11) is 0. The highest BCUT2D eigenvalue weighted by Crippen LogP contribution is 2.19. The molecule has 1 rings (SSSR count). The van der Waals surface area contributed by atoms with Crippen LogP contribution in [0.25, 0.3) is 0 Å². The molecule has 0 aromatic carbocycles. The van der Waals surface area contributed by atoms with Gasteiger partial charge < -0.3 is 15.7 Å². The molecule has 0 saturated carbocycles. The van der Waals surface area contributed by atoms with Crippen molar-refractivity contribution in [1.29, 1.82) is 0 Å². The predicted octanol–water partition coefficient (Wildman–Crippen LogP) is 3.09. The quantitative estimate of drug-likeness (QED) is 0.724. The largest absolute Gasteiger partial charge is 0.388 e. The number of carbonyl (C=O) groups is 1. The molecule has 0 atom stereocenters. The maximum absolute atomic E-state index is 12.0. The van der Waals surface area contributed by atoms with E-state index in [0.717, 1.165) is 12.8 Å². The van der Waals surface area contributed by atoms with Crippen LogP contribution in [0.1, 0.15) is 60.3 Å². The van der Waals surface area contributed by atoms with Gasteiger partial charge >= 0.3 is 6.03 Å². The summed E-state index contributed by atoms with van der Waals surface area (Å²) < 4.78 is 1.80. The molecular formula is C16H30N4O2. The summed E-state index contributed by atoms with van der Waals surface area (Å²) in [4.78, 5) is 12.0. The van der Waals surface area contributed by atoms with Crippen LogP contribution in [-0.4, -0.2) is 33.1 Å². The first kappa shape index (κ1) is 18.5. The fourth-order valence-corrected chi connectivity index (χ4v) is 2.41. The minimum atomic E-state index is -0.823. The molecule has 0 fully saturated rings. The minimum Gasteiger partial charge on any atom is -0.388 e. The fourth-order valence-electron chi connectivity index (χ4n) is 2.41. The van der Waals surface area contributed by atoms with Crippen LogP contribution < -0.4 is 10.6 Å². The SMILES string of the molecule is CCCC(O)(CCC)CNC(=O)Nc1cnn(C(C)(C)C)c1. The summed E-state index contributed by atoms with van der Waals surface area (Å²) in [6.45, 7) is 10.4. The first-order chi connectivity index (χ1) is 10.2. The van der Waals surface area contributed by atoms with E-state index in [4.69, 9.17) is 0 Å². The molecule has 0 unspecified atom stereocenters. The van der Waals surface area contributed by atoms with Crippen LogP contribution in [0.2, 0.25) is 0 Å². The van der Waals surface area contributed by atoms with E-state index < -0.39 is 5.60 Å².